The topological polar surface area (TPSA) is 49.8 Å². The molecule has 0 rings (SSSR count). The standard InChI is InChI=1S/C16H33NO3/c1-15(11-8-6-4-5-7-9-14-18)20-16(19)12-10-13-17(2)3/h15,18H,4-14H2,1-3H3. The molecule has 4 nitrogen and oxygen atoms in total. The van der Waals surface area contributed by atoms with Crippen LogP contribution >= 0.6 is 0 Å². The van der Waals surface area contributed by atoms with Crippen molar-refractivity contribution < 1.29 is 14.6 Å². The highest BCUT2D eigenvalue weighted by Crippen LogP contribution is 2.11. The molecule has 0 fully saturated rings. The maximum absolute atomic E-state index is 11.6. The van der Waals surface area contributed by atoms with Gasteiger partial charge >= 0.3 is 5.97 Å². The van der Waals surface area contributed by atoms with Gasteiger partial charge in [0.05, 0.1) is 6.10 Å². The van der Waals surface area contributed by atoms with Crippen LogP contribution in [-0.4, -0.2) is 49.3 Å². The van der Waals surface area contributed by atoms with E-state index < -0.39 is 0 Å². The van der Waals surface area contributed by atoms with Gasteiger partial charge in [-0.2, -0.15) is 0 Å². The summed E-state index contributed by atoms with van der Waals surface area (Å²) in [6.07, 6.45) is 9.13. The number of esters is 1. The van der Waals surface area contributed by atoms with Gasteiger partial charge in [-0.1, -0.05) is 25.7 Å². The van der Waals surface area contributed by atoms with Crippen LogP contribution in [-0.2, 0) is 9.53 Å². The van der Waals surface area contributed by atoms with E-state index in [1.165, 1.54) is 19.3 Å². The molecule has 0 saturated heterocycles. The minimum atomic E-state index is -0.0673. The van der Waals surface area contributed by atoms with Crippen LogP contribution in [0.15, 0.2) is 0 Å². The molecule has 0 radical (unpaired) electrons. The Morgan fingerprint density at radius 1 is 1.05 bits per heavy atom. The van der Waals surface area contributed by atoms with Crippen LogP contribution in [0.5, 0.6) is 0 Å². The molecule has 0 aliphatic carbocycles. The molecular weight excluding hydrogens is 254 g/mol. The number of hydrogen-bond acceptors (Lipinski definition) is 4. The van der Waals surface area contributed by atoms with Crippen molar-refractivity contribution in [2.24, 2.45) is 0 Å². The van der Waals surface area contributed by atoms with E-state index in [0.29, 0.717) is 13.0 Å². The van der Waals surface area contributed by atoms with E-state index in [1.807, 2.05) is 21.0 Å². The molecule has 1 unspecified atom stereocenters. The van der Waals surface area contributed by atoms with Crippen molar-refractivity contribution in [3.8, 4) is 0 Å². The van der Waals surface area contributed by atoms with Crippen molar-refractivity contribution in [3.63, 3.8) is 0 Å². The van der Waals surface area contributed by atoms with Crippen molar-refractivity contribution in [3.05, 3.63) is 0 Å². The largest absolute Gasteiger partial charge is 0.463 e. The number of nitrogens with zero attached hydrogens (tertiary/aromatic N) is 1. The van der Waals surface area contributed by atoms with Crippen LogP contribution in [0.4, 0.5) is 0 Å². The van der Waals surface area contributed by atoms with Gasteiger partial charge in [0, 0.05) is 13.0 Å². The minimum Gasteiger partial charge on any atom is -0.463 e. The van der Waals surface area contributed by atoms with Gasteiger partial charge in [-0.05, 0) is 53.2 Å². The molecule has 0 amide bonds. The summed E-state index contributed by atoms with van der Waals surface area (Å²) in [6, 6.07) is 0. The van der Waals surface area contributed by atoms with E-state index in [1.54, 1.807) is 0 Å². The van der Waals surface area contributed by atoms with Gasteiger partial charge in [-0.15, -0.1) is 0 Å². The molecule has 1 N–H and O–H groups in total. The van der Waals surface area contributed by atoms with E-state index in [-0.39, 0.29) is 12.1 Å². The zero-order valence-corrected chi connectivity index (χ0v) is 13.6. The monoisotopic (exact) mass is 287 g/mol. The number of carbonyl (C=O) groups excluding carboxylic acids is 1. The van der Waals surface area contributed by atoms with Crippen LogP contribution in [0.3, 0.4) is 0 Å². The fourth-order valence-electron chi connectivity index (χ4n) is 2.13. The summed E-state index contributed by atoms with van der Waals surface area (Å²) < 4.78 is 5.39. The first-order valence-corrected chi connectivity index (χ1v) is 8.01. The second kappa shape index (κ2) is 13.4. The highest BCUT2D eigenvalue weighted by atomic mass is 16.5. The van der Waals surface area contributed by atoms with Crippen molar-refractivity contribution in [2.45, 2.75) is 70.8 Å². The molecule has 120 valence electrons. The second-order valence-electron chi connectivity index (χ2n) is 5.84. The molecule has 0 aromatic heterocycles. The third kappa shape index (κ3) is 13.8. The van der Waals surface area contributed by atoms with Gasteiger partial charge in [0.1, 0.15) is 0 Å². The number of aliphatic hydroxyl groups excluding tert-OH is 1. The molecule has 0 aliphatic heterocycles. The zero-order chi connectivity index (χ0) is 15.2. The number of aliphatic hydroxyl groups is 1. The summed E-state index contributed by atoms with van der Waals surface area (Å²) in [5.41, 5.74) is 0. The summed E-state index contributed by atoms with van der Waals surface area (Å²) in [5.74, 6) is -0.0673. The van der Waals surface area contributed by atoms with E-state index in [4.69, 9.17) is 9.84 Å². The molecule has 0 spiro atoms. The number of carbonyl (C=O) groups is 1. The van der Waals surface area contributed by atoms with Gasteiger partial charge in [-0.3, -0.25) is 4.79 Å². The Hall–Kier alpha value is -0.610. The predicted octanol–water partition coefficient (Wildman–Crippen LogP) is 2.98. The van der Waals surface area contributed by atoms with Crippen LogP contribution in [0.25, 0.3) is 0 Å². The van der Waals surface area contributed by atoms with Gasteiger partial charge in [0.2, 0.25) is 0 Å². The SMILES string of the molecule is CC(CCCCCCCCO)OC(=O)CCCN(C)C. The Bertz CT molecular complexity index is 232. The third-order valence-corrected chi connectivity index (χ3v) is 3.34. The van der Waals surface area contributed by atoms with E-state index in [2.05, 4.69) is 4.90 Å². The molecule has 0 aromatic carbocycles. The fourth-order valence-corrected chi connectivity index (χ4v) is 2.13. The highest BCUT2D eigenvalue weighted by molar-refractivity contribution is 5.69. The summed E-state index contributed by atoms with van der Waals surface area (Å²) in [4.78, 5) is 13.7. The first kappa shape index (κ1) is 19.4. The van der Waals surface area contributed by atoms with Gasteiger partial charge < -0.3 is 14.7 Å². The smallest absolute Gasteiger partial charge is 0.306 e. The van der Waals surface area contributed by atoms with Crippen LogP contribution in [0.1, 0.15) is 64.7 Å². The van der Waals surface area contributed by atoms with Crippen LogP contribution in [0, 0.1) is 0 Å². The molecule has 4 heteroatoms. The lowest BCUT2D eigenvalue weighted by molar-refractivity contribution is -0.148. The van der Waals surface area contributed by atoms with Gasteiger partial charge in [-0.25, -0.2) is 0 Å². The van der Waals surface area contributed by atoms with Crippen molar-refractivity contribution in [1.82, 2.24) is 4.90 Å². The molecular formula is C16H33NO3. The van der Waals surface area contributed by atoms with Gasteiger partial charge in [0.15, 0.2) is 0 Å². The fraction of sp³-hybridized carbons (Fsp3) is 0.938. The molecule has 0 bridgehead atoms. The maximum Gasteiger partial charge on any atom is 0.306 e. The predicted molar refractivity (Wildman–Crippen MR) is 82.7 cm³/mol. The lowest BCUT2D eigenvalue weighted by Gasteiger charge is -2.14. The Morgan fingerprint density at radius 2 is 1.65 bits per heavy atom. The Morgan fingerprint density at radius 3 is 2.25 bits per heavy atom. The molecule has 0 saturated carbocycles. The van der Waals surface area contributed by atoms with E-state index >= 15 is 0 Å². The summed E-state index contributed by atoms with van der Waals surface area (Å²) in [6.45, 7) is 3.22. The Kier molecular flexibility index (Phi) is 13.0. The van der Waals surface area contributed by atoms with Crippen LogP contribution < -0.4 is 0 Å². The molecule has 0 heterocycles. The van der Waals surface area contributed by atoms with E-state index in [0.717, 1.165) is 38.6 Å². The Labute approximate surface area is 124 Å². The quantitative estimate of drug-likeness (QED) is 0.418. The lowest BCUT2D eigenvalue weighted by atomic mass is 10.1. The minimum absolute atomic E-state index is 0.0410. The van der Waals surface area contributed by atoms with Crippen molar-refractivity contribution in [1.29, 1.82) is 0 Å². The zero-order valence-electron chi connectivity index (χ0n) is 13.6. The molecule has 0 aromatic rings. The second-order valence-corrected chi connectivity index (χ2v) is 5.84. The van der Waals surface area contributed by atoms with Crippen LogP contribution in [0.2, 0.25) is 0 Å². The molecule has 20 heavy (non-hydrogen) atoms. The lowest BCUT2D eigenvalue weighted by Crippen LogP contribution is -2.18. The van der Waals surface area contributed by atoms with Crippen molar-refractivity contribution >= 4 is 5.97 Å². The number of unbranched alkanes of at least 4 members (excludes halogenated alkanes) is 5. The Balaban J connectivity index is 3.39. The third-order valence-electron chi connectivity index (χ3n) is 3.34. The first-order chi connectivity index (χ1) is 9.56. The summed E-state index contributed by atoms with van der Waals surface area (Å²) >= 11 is 0. The number of hydrogen-bond donors (Lipinski definition) is 1. The maximum atomic E-state index is 11.6. The molecule has 0 aliphatic rings. The molecule has 1 atom stereocenters. The van der Waals surface area contributed by atoms with E-state index in [9.17, 15) is 4.79 Å². The van der Waals surface area contributed by atoms with Crippen molar-refractivity contribution in [2.75, 3.05) is 27.2 Å². The highest BCUT2D eigenvalue weighted by Gasteiger charge is 2.09. The number of ether oxygens (including phenoxy) is 1. The van der Waals surface area contributed by atoms with Gasteiger partial charge in [0.25, 0.3) is 0 Å². The average Bonchev–Trinajstić information content (AvgIpc) is 2.37. The summed E-state index contributed by atoms with van der Waals surface area (Å²) in [5, 5.41) is 8.67. The number of rotatable bonds is 13. The average molecular weight is 287 g/mol. The normalized spacial score (nSPS) is 12.7. The summed E-state index contributed by atoms with van der Waals surface area (Å²) in [7, 11) is 4.02. The first-order valence-electron chi connectivity index (χ1n) is 8.01.